The topological polar surface area (TPSA) is 75.7 Å². The van der Waals surface area contributed by atoms with Crippen LogP contribution in [0.5, 0.6) is 5.75 Å². The molecule has 0 radical (unpaired) electrons. The molecular formula is C24H15Br2FN2O4. The molecule has 1 aliphatic heterocycles. The molecule has 0 saturated carbocycles. The Morgan fingerprint density at radius 1 is 0.970 bits per heavy atom. The maximum atomic E-state index is 13.2. The third kappa shape index (κ3) is 5.04. The van der Waals surface area contributed by atoms with Crippen molar-refractivity contribution in [2.24, 2.45) is 0 Å². The number of amides is 4. The van der Waals surface area contributed by atoms with Crippen LogP contribution < -0.4 is 15.0 Å². The van der Waals surface area contributed by atoms with Gasteiger partial charge in [0, 0.05) is 10.0 Å². The normalized spacial score (nSPS) is 15.1. The second-order valence-corrected chi connectivity index (χ2v) is 8.78. The summed E-state index contributed by atoms with van der Waals surface area (Å²) < 4.78 is 20.4. The summed E-state index contributed by atoms with van der Waals surface area (Å²) in [7, 11) is 0. The largest absolute Gasteiger partial charge is 0.487 e. The Balaban J connectivity index is 1.70. The SMILES string of the molecule is O=C1NC(=O)N(c2ccccc2)C(=O)/C1=C/c1cc(Br)cc(Br)c1OCc1ccc(F)cc1. The van der Waals surface area contributed by atoms with Gasteiger partial charge in [-0.2, -0.15) is 0 Å². The second kappa shape index (κ2) is 9.68. The van der Waals surface area contributed by atoms with Gasteiger partial charge in [0.2, 0.25) is 0 Å². The Morgan fingerprint density at radius 3 is 2.36 bits per heavy atom. The maximum Gasteiger partial charge on any atom is 0.335 e. The highest BCUT2D eigenvalue weighted by Gasteiger charge is 2.37. The summed E-state index contributed by atoms with van der Waals surface area (Å²) in [6.07, 6.45) is 1.37. The molecular weight excluding hydrogens is 559 g/mol. The first kappa shape index (κ1) is 22.9. The van der Waals surface area contributed by atoms with E-state index in [0.717, 1.165) is 10.5 Å². The fourth-order valence-corrected chi connectivity index (χ4v) is 4.57. The molecule has 0 bridgehead atoms. The number of halogens is 3. The number of urea groups is 1. The van der Waals surface area contributed by atoms with Crippen molar-refractivity contribution >= 4 is 61.5 Å². The van der Waals surface area contributed by atoms with Gasteiger partial charge in [-0.15, -0.1) is 0 Å². The van der Waals surface area contributed by atoms with Gasteiger partial charge >= 0.3 is 6.03 Å². The Morgan fingerprint density at radius 2 is 1.67 bits per heavy atom. The lowest BCUT2D eigenvalue weighted by Gasteiger charge is -2.26. The fourth-order valence-electron chi connectivity index (χ4n) is 3.20. The summed E-state index contributed by atoms with van der Waals surface area (Å²) >= 11 is 6.84. The van der Waals surface area contributed by atoms with E-state index >= 15 is 0 Å². The molecule has 33 heavy (non-hydrogen) atoms. The van der Waals surface area contributed by atoms with Crippen LogP contribution in [0.15, 0.2) is 81.2 Å². The molecule has 3 aromatic carbocycles. The van der Waals surface area contributed by atoms with E-state index in [-0.39, 0.29) is 18.0 Å². The molecule has 4 amide bonds. The summed E-state index contributed by atoms with van der Waals surface area (Å²) in [5.74, 6) is -1.54. The first-order valence-electron chi connectivity index (χ1n) is 9.66. The van der Waals surface area contributed by atoms with Crippen LogP contribution in [0.4, 0.5) is 14.9 Å². The number of nitrogens with zero attached hydrogens (tertiary/aromatic N) is 1. The van der Waals surface area contributed by atoms with Gasteiger partial charge in [0.15, 0.2) is 0 Å². The lowest BCUT2D eigenvalue weighted by molar-refractivity contribution is -0.122. The van der Waals surface area contributed by atoms with Crippen molar-refractivity contribution in [1.29, 1.82) is 0 Å². The molecule has 4 rings (SSSR count). The van der Waals surface area contributed by atoms with E-state index in [9.17, 15) is 18.8 Å². The Bertz CT molecular complexity index is 1280. The number of hydrogen-bond acceptors (Lipinski definition) is 4. The molecule has 1 fully saturated rings. The minimum Gasteiger partial charge on any atom is -0.487 e. The van der Waals surface area contributed by atoms with Crippen LogP contribution in [0.3, 0.4) is 0 Å². The minimum atomic E-state index is -0.823. The molecule has 1 aliphatic rings. The van der Waals surface area contributed by atoms with Crippen LogP contribution in [-0.2, 0) is 16.2 Å². The van der Waals surface area contributed by atoms with Crippen molar-refractivity contribution in [3.05, 3.63) is 98.2 Å². The molecule has 0 spiro atoms. The average Bonchev–Trinajstić information content (AvgIpc) is 2.77. The standard InChI is InChI=1S/C24H15Br2FN2O4/c25-16-10-15(21(20(26)12-16)33-13-14-6-8-17(27)9-7-14)11-19-22(30)28-24(32)29(23(19)31)18-4-2-1-3-5-18/h1-12H,13H2,(H,28,30,32)/b19-11+. The number of rotatable bonds is 5. The van der Waals surface area contributed by atoms with Crippen LogP contribution in [0.25, 0.3) is 6.08 Å². The first-order valence-corrected chi connectivity index (χ1v) is 11.2. The number of para-hydroxylation sites is 1. The van der Waals surface area contributed by atoms with Crippen LogP contribution in [-0.4, -0.2) is 17.8 Å². The van der Waals surface area contributed by atoms with E-state index in [0.29, 0.717) is 25.9 Å². The molecule has 0 aliphatic carbocycles. The van der Waals surface area contributed by atoms with Gasteiger partial charge in [-0.05, 0) is 64.0 Å². The summed E-state index contributed by atoms with van der Waals surface area (Å²) in [6.45, 7) is 0.130. The Labute approximate surface area is 205 Å². The quantitative estimate of drug-likeness (QED) is 0.319. The summed E-state index contributed by atoms with van der Waals surface area (Å²) in [5.41, 5.74) is 1.27. The smallest absolute Gasteiger partial charge is 0.335 e. The zero-order chi connectivity index (χ0) is 23.5. The number of anilines is 1. The number of nitrogens with one attached hydrogen (secondary N) is 1. The molecule has 0 unspecified atom stereocenters. The summed E-state index contributed by atoms with van der Waals surface area (Å²) in [4.78, 5) is 38.9. The van der Waals surface area contributed by atoms with Crippen molar-refractivity contribution < 1.29 is 23.5 Å². The van der Waals surface area contributed by atoms with Crippen LogP contribution in [0.2, 0.25) is 0 Å². The zero-order valence-corrected chi connectivity index (χ0v) is 20.0. The van der Waals surface area contributed by atoms with Gasteiger partial charge in [-0.1, -0.05) is 46.3 Å². The predicted molar refractivity (Wildman–Crippen MR) is 128 cm³/mol. The third-order valence-electron chi connectivity index (χ3n) is 4.75. The summed E-state index contributed by atoms with van der Waals surface area (Å²) in [6, 6.07) is 16.8. The molecule has 1 saturated heterocycles. The van der Waals surface area contributed by atoms with Crippen LogP contribution >= 0.6 is 31.9 Å². The highest BCUT2D eigenvalue weighted by molar-refractivity contribution is 9.11. The second-order valence-electron chi connectivity index (χ2n) is 7.01. The number of barbiturate groups is 1. The van der Waals surface area contributed by atoms with Gasteiger partial charge < -0.3 is 4.74 Å². The van der Waals surface area contributed by atoms with Crippen molar-refractivity contribution in [2.45, 2.75) is 6.61 Å². The van der Waals surface area contributed by atoms with E-state index in [2.05, 4.69) is 37.2 Å². The Kier molecular flexibility index (Phi) is 6.71. The molecule has 1 N–H and O–H groups in total. The van der Waals surface area contributed by atoms with Crippen molar-refractivity contribution in [3.8, 4) is 5.75 Å². The first-order chi connectivity index (χ1) is 15.8. The van der Waals surface area contributed by atoms with E-state index in [1.165, 1.54) is 18.2 Å². The number of benzene rings is 3. The average molecular weight is 574 g/mol. The molecule has 1 heterocycles. The highest BCUT2D eigenvalue weighted by atomic mass is 79.9. The van der Waals surface area contributed by atoms with Crippen LogP contribution in [0.1, 0.15) is 11.1 Å². The minimum absolute atomic E-state index is 0.130. The zero-order valence-electron chi connectivity index (χ0n) is 16.8. The van der Waals surface area contributed by atoms with Crippen molar-refractivity contribution in [3.63, 3.8) is 0 Å². The Hall–Kier alpha value is -3.30. The van der Waals surface area contributed by atoms with E-state index in [1.807, 2.05) is 0 Å². The molecule has 0 atom stereocenters. The van der Waals surface area contributed by atoms with Crippen molar-refractivity contribution in [1.82, 2.24) is 5.32 Å². The van der Waals surface area contributed by atoms with E-state index in [4.69, 9.17) is 4.74 Å². The van der Waals surface area contributed by atoms with Crippen molar-refractivity contribution in [2.75, 3.05) is 4.90 Å². The van der Waals surface area contributed by atoms with Gasteiger partial charge in [0.25, 0.3) is 11.8 Å². The van der Waals surface area contributed by atoms with Gasteiger partial charge in [-0.3, -0.25) is 14.9 Å². The molecule has 166 valence electrons. The van der Waals surface area contributed by atoms with E-state index in [1.54, 1.807) is 54.6 Å². The van der Waals surface area contributed by atoms with Gasteiger partial charge in [0.05, 0.1) is 10.2 Å². The lowest BCUT2D eigenvalue weighted by atomic mass is 10.1. The third-order valence-corrected chi connectivity index (χ3v) is 5.80. The highest BCUT2D eigenvalue weighted by Crippen LogP contribution is 2.35. The monoisotopic (exact) mass is 572 g/mol. The number of imide groups is 2. The number of ether oxygens (including phenoxy) is 1. The predicted octanol–water partition coefficient (Wildman–Crippen LogP) is 5.60. The molecule has 9 heteroatoms. The summed E-state index contributed by atoms with van der Waals surface area (Å²) in [5, 5.41) is 2.20. The van der Waals surface area contributed by atoms with Gasteiger partial charge in [0.1, 0.15) is 23.7 Å². The number of carbonyl (C=O) groups is 3. The maximum absolute atomic E-state index is 13.2. The van der Waals surface area contributed by atoms with Gasteiger partial charge in [-0.25, -0.2) is 14.1 Å². The van der Waals surface area contributed by atoms with Crippen LogP contribution in [0, 0.1) is 5.82 Å². The number of carbonyl (C=O) groups excluding carboxylic acids is 3. The van der Waals surface area contributed by atoms with E-state index < -0.39 is 17.8 Å². The molecule has 3 aromatic rings. The number of hydrogen-bond donors (Lipinski definition) is 1. The fraction of sp³-hybridized carbons (Fsp3) is 0.0417. The molecule has 0 aromatic heterocycles. The molecule has 6 nitrogen and oxygen atoms in total. The lowest BCUT2D eigenvalue weighted by Crippen LogP contribution is -2.54.